The molecule has 2 unspecified atom stereocenters. The van der Waals surface area contributed by atoms with Crippen LogP contribution in [0.15, 0.2) is 24.3 Å². The Kier molecular flexibility index (Phi) is 8.22. The summed E-state index contributed by atoms with van der Waals surface area (Å²) in [6.45, 7) is 3.14. The standard InChI is InChI=1S/C15H24O5/c1-12(16)9-13-3-5-15(6-4-13)20-11-14(17)10-19-8-7-18-2/h3-6,12,14,16-17H,7-11H2,1-2H3. The second-order valence-electron chi connectivity index (χ2n) is 4.73. The van der Waals surface area contributed by atoms with Crippen molar-refractivity contribution in [3.63, 3.8) is 0 Å². The molecular formula is C15H24O5. The van der Waals surface area contributed by atoms with E-state index in [0.717, 1.165) is 5.56 Å². The zero-order chi connectivity index (χ0) is 14.8. The zero-order valence-corrected chi connectivity index (χ0v) is 12.1. The molecule has 2 atom stereocenters. The van der Waals surface area contributed by atoms with E-state index in [-0.39, 0.29) is 19.3 Å². The van der Waals surface area contributed by atoms with Gasteiger partial charge in [-0.05, 0) is 31.0 Å². The third kappa shape index (κ3) is 7.45. The first kappa shape index (κ1) is 16.9. The lowest BCUT2D eigenvalue weighted by Gasteiger charge is -2.13. The van der Waals surface area contributed by atoms with Gasteiger partial charge in [-0.15, -0.1) is 0 Å². The lowest BCUT2D eigenvalue weighted by Crippen LogP contribution is -2.24. The van der Waals surface area contributed by atoms with Gasteiger partial charge in [0.25, 0.3) is 0 Å². The van der Waals surface area contributed by atoms with Gasteiger partial charge in [-0.1, -0.05) is 12.1 Å². The van der Waals surface area contributed by atoms with Crippen molar-refractivity contribution in [1.29, 1.82) is 0 Å². The second kappa shape index (κ2) is 9.72. The molecule has 1 aromatic rings. The van der Waals surface area contributed by atoms with Crippen LogP contribution in [0.1, 0.15) is 12.5 Å². The summed E-state index contributed by atoms with van der Waals surface area (Å²) in [5.41, 5.74) is 1.05. The fourth-order valence-electron chi connectivity index (χ4n) is 1.67. The van der Waals surface area contributed by atoms with E-state index in [1.807, 2.05) is 24.3 Å². The number of hydrogen-bond acceptors (Lipinski definition) is 5. The Balaban J connectivity index is 2.23. The topological polar surface area (TPSA) is 68.2 Å². The zero-order valence-electron chi connectivity index (χ0n) is 12.1. The minimum atomic E-state index is -0.663. The molecule has 0 aliphatic carbocycles. The Morgan fingerprint density at radius 1 is 1.05 bits per heavy atom. The van der Waals surface area contributed by atoms with Gasteiger partial charge in [0, 0.05) is 7.11 Å². The Morgan fingerprint density at radius 2 is 1.75 bits per heavy atom. The summed E-state index contributed by atoms with van der Waals surface area (Å²) in [4.78, 5) is 0. The minimum absolute atomic E-state index is 0.183. The lowest BCUT2D eigenvalue weighted by atomic mass is 10.1. The van der Waals surface area contributed by atoms with Crippen LogP contribution in [0, 0.1) is 0 Å². The number of benzene rings is 1. The van der Waals surface area contributed by atoms with E-state index in [1.54, 1.807) is 14.0 Å². The third-order valence-electron chi connectivity index (χ3n) is 2.64. The van der Waals surface area contributed by atoms with E-state index in [9.17, 15) is 10.2 Å². The monoisotopic (exact) mass is 284 g/mol. The summed E-state index contributed by atoms with van der Waals surface area (Å²) < 4.78 is 15.5. The van der Waals surface area contributed by atoms with Crippen molar-refractivity contribution < 1.29 is 24.4 Å². The van der Waals surface area contributed by atoms with Crippen LogP contribution in [0.4, 0.5) is 0 Å². The molecule has 0 amide bonds. The average molecular weight is 284 g/mol. The van der Waals surface area contributed by atoms with Crippen LogP contribution in [0.3, 0.4) is 0 Å². The predicted molar refractivity (Wildman–Crippen MR) is 76.0 cm³/mol. The molecule has 0 aromatic heterocycles. The Bertz CT molecular complexity index is 350. The summed E-state index contributed by atoms with van der Waals surface area (Å²) in [6, 6.07) is 7.47. The van der Waals surface area contributed by atoms with Gasteiger partial charge in [0.05, 0.1) is 25.9 Å². The van der Waals surface area contributed by atoms with Crippen LogP contribution in [0.5, 0.6) is 5.75 Å². The molecule has 0 bridgehead atoms. The summed E-state index contributed by atoms with van der Waals surface area (Å²) in [5, 5.41) is 18.9. The first-order valence-electron chi connectivity index (χ1n) is 6.76. The molecule has 0 aliphatic heterocycles. The van der Waals surface area contributed by atoms with Gasteiger partial charge in [0.15, 0.2) is 0 Å². The highest BCUT2D eigenvalue weighted by Gasteiger charge is 2.06. The first-order chi connectivity index (χ1) is 9.61. The predicted octanol–water partition coefficient (Wildman–Crippen LogP) is 1.01. The summed E-state index contributed by atoms with van der Waals surface area (Å²) >= 11 is 0. The van der Waals surface area contributed by atoms with Crippen LogP contribution >= 0.6 is 0 Å². The van der Waals surface area contributed by atoms with Crippen molar-refractivity contribution >= 4 is 0 Å². The summed E-state index contributed by atoms with van der Waals surface area (Å²) in [6.07, 6.45) is -0.396. The van der Waals surface area contributed by atoms with Crippen LogP contribution in [0.2, 0.25) is 0 Å². The van der Waals surface area contributed by atoms with Gasteiger partial charge in [0.1, 0.15) is 18.5 Å². The smallest absolute Gasteiger partial charge is 0.119 e. The highest BCUT2D eigenvalue weighted by molar-refractivity contribution is 5.27. The van der Waals surface area contributed by atoms with Gasteiger partial charge in [-0.25, -0.2) is 0 Å². The van der Waals surface area contributed by atoms with Gasteiger partial charge in [-0.3, -0.25) is 0 Å². The second-order valence-corrected chi connectivity index (χ2v) is 4.73. The van der Waals surface area contributed by atoms with E-state index in [0.29, 0.717) is 25.4 Å². The van der Waals surface area contributed by atoms with E-state index in [1.165, 1.54) is 0 Å². The number of methoxy groups -OCH3 is 1. The Hall–Kier alpha value is -1.14. The first-order valence-corrected chi connectivity index (χ1v) is 6.76. The van der Waals surface area contributed by atoms with Gasteiger partial charge < -0.3 is 24.4 Å². The van der Waals surface area contributed by atoms with Crippen molar-refractivity contribution in [2.24, 2.45) is 0 Å². The van der Waals surface area contributed by atoms with Crippen molar-refractivity contribution in [3.05, 3.63) is 29.8 Å². The van der Waals surface area contributed by atoms with Crippen molar-refractivity contribution in [2.75, 3.05) is 33.5 Å². The SMILES string of the molecule is COCCOCC(O)COc1ccc(CC(C)O)cc1. The molecule has 1 rings (SSSR count). The molecular weight excluding hydrogens is 260 g/mol. The number of rotatable bonds is 10. The van der Waals surface area contributed by atoms with Crippen LogP contribution < -0.4 is 4.74 Å². The van der Waals surface area contributed by atoms with E-state index in [4.69, 9.17) is 14.2 Å². The number of ether oxygens (including phenoxy) is 3. The summed E-state index contributed by atoms with van der Waals surface area (Å²) in [7, 11) is 1.60. The Labute approximate surface area is 120 Å². The molecule has 5 nitrogen and oxygen atoms in total. The maximum atomic E-state index is 9.66. The molecule has 114 valence electrons. The molecule has 0 radical (unpaired) electrons. The highest BCUT2D eigenvalue weighted by Crippen LogP contribution is 2.13. The summed E-state index contributed by atoms with van der Waals surface area (Å²) in [5.74, 6) is 0.690. The highest BCUT2D eigenvalue weighted by atomic mass is 16.5. The molecule has 20 heavy (non-hydrogen) atoms. The molecule has 5 heteroatoms. The average Bonchev–Trinajstić information content (AvgIpc) is 2.42. The van der Waals surface area contributed by atoms with E-state index < -0.39 is 6.10 Å². The number of hydrogen-bond donors (Lipinski definition) is 2. The van der Waals surface area contributed by atoms with Gasteiger partial charge in [0.2, 0.25) is 0 Å². The van der Waals surface area contributed by atoms with E-state index in [2.05, 4.69) is 0 Å². The van der Waals surface area contributed by atoms with Crippen molar-refractivity contribution in [1.82, 2.24) is 0 Å². The van der Waals surface area contributed by atoms with E-state index >= 15 is 0 Å². The molecule has 0 spiro atoms. The quantitative estimate of drug-likeness (QED) is 0.628. The molecule has 0 saturated heterocycles. The third-order valence-corrected chi connectivity index (χ3v) is 2.64. The number of aliphatic hydroxyl groups is 2. The minimum Gasteiger partial charge on any atom is -0.491 e. The maximum absolute atomic E-state index is 9.66. The largest absolute Gasteiger partial charge is 0.491 e. The fraction of sp³-hybridized carbons (Fsp3) is 0.600. The molecule has 0 saturated carbocycles. The maximum Gasteiger partial charge on any atom is 0.119 e. The van der Waals surface area contributed by atoms with Crippen LogP contribution in [-0.2, 0) is 15.9 Å². The molecule has 0 fully saturated rings. The van der Waals surface area contributed by atoms with Gasteiger partial charge >= 0.3 is 0 Å². The lowest BCUT2D eigenvalue weighted by molar-refractivity contribution is -0.00419. The fourth-order valence-corrected chi connectivity index (χ4v) is 1.67. The van der Waals surface area contributed by atoms with Gasteiger partial charge in [-0.2, -0.15) is 0 Å². The number of aliphatic hydroxyl groups excluding tert-OH is 2. The molecule has 0 aliphatic rings. The Morgan fingerprint density at radius 3 is 2.35 bits per heavy atom. The van der Waals surface area contributed by atoms with Crippen molar-refractivity contribution in [2.45, 2.75) is 25.6 Å². The molecule has 2 N–H and O–H groups in total. The molecule has 1 aromatic carbocycles. The van der Waals surface area contributed by atoms with Crippen molar-refractivity contribution in [3.8, 4) is 5.75 Å². The normalized spacial score (nSPS) is 14.0. The van der Waals surface area contributed by atoms with Crippen LogP contribution in [-0.4, -0.2) is 56.0 Å². The molecule has 0 heterocycles. The van der Waals surface area contributed by atoms with Crippen LogP contribution in [0.25, 0.3) is 0 Å².